The first-order valence-corrected chi connectivity index (χ1v) is 5.71. The largest absolute Gasteiger partial charge is 0.476 e. The quantitative estimate of drug-likeness (QED) is 0.501. The van der Waals surface area contributed by atoms with E-state index in [1.165, 1.54) is 24.7 Å². The summed E-state index contributed by atoms with van der Waals surface area (Å²) in [5.74, 6) is -1.83. The maximum Gasteiger partial charge on any atom is 0.358 e. The molecule has 0 aromatic carbocycles. The number of urea groups is 1. The van der Waals surface area contributed by atoms with Crippen molar-refractivity contribution in [2.75, 3.05) is 6.54 Å². The van der Waals surface area contributed by atoms with Gasteiger partial charge in [-0.05, 0) is 13.8 Å². The Morgan fingerprint density at radius 2 is 2.10 bits per heavy atom. The summed E-state index contributed by atoms with van der Waals surface area (Å²) in [6.07, 6.45) is 1.25. The van der Waals surface area contributed by atoms with Crippen molar-refractivity contribution in [2.45, 2.75) is 25.9 Å². The molecule has 1 aromatic rings. The second-order valence-electron chi connectivity index (χ2n) is 4.54. The van der Waals surface area contributed by atoms with Gasteiger partial charge in [-0.2, -0.15) is 0 Å². The first-order valence-electron chi connectivity index (χ1n) is 5.71. The van der Waals surface area contributed by atoms with Gasteiger partial charge in [-0.3, -0.25) is 4.79 Å². The Morgan fingerprint density at radius 1 is 1.45 bits per heavy atom. The van der Waals surface area contributed by atoms with Crippen LogP contribution in [0.5, 0.6) is 0 Å². The number of hydrogen-bond donors (Lipinski definition) is 4. The average molecular weight is 284 g/mol. The first-order chi connectivity index (χ1) is 9.22. The minimum Gasteiger partial charge on any atom is -0.476 e. The van der Waals surface area contributed by atoms with E-state index in [1.54, 1.807) is 0 Å². The fourth-order valence-corrected chi connectivity index (χ4v) is 1.18. The lowest BCUT2D eigenvalue weighted by Crippen LogP contribution is -2.56. The molecule has 0 fully saturated rings. The molecule has 1 heterocycles. The number of carbonyl (C=O) groups excluding carboxylic acids is 2. The maximum atomic E-state index is 11.5. The number of amides is 3. The van der Waals surface area contributed by atoms with Crippen LogP contribution in [0.3, 0.4) is 0 Å². The Balaban J connectivity index is 2.38. The van der Waals surface area contributed by atoms with E-state index >= 15 is 0 Å². The summed E-state index contributed by atoms with van der Waals surface area (Å²) in [5, 5.41) is 20.5. The molecule has 0 saturated heterocycles. The molecule has 0 radical (unpaired) electrons. The summed E-state index contributed by atoms with van der Waals surface area (Å²) < 4.78 is 1.28. The Kier molecular flexibility index (Phi) is 4.62. The molecule has 0 aliphatic rings. The van der Waals surface area contributed by atoms with Crippen LogP contribution >= 0.6 is 0 Å². The van der Waals surface area contributed by atoms with E-state index in [4.69, 9.17) is 10.8 Å². The van der Waals surface area contributed by atoms with Crippen LogP contribution in [0, 0.1) is 0 Å². The van der Waals surface area contributed by atoms with E-state index < -0.39 is 23.4 Å². The van der Waals surface area contributed by atoms with Crippen LogP contribution in [-0.2, 0) is 11.3 Å². The molecule has 0 unspecified atom stereocenters. The zero-order valence-electron chi connectivity index (χ0n) is 11.1. The highest BCUT2D eigenvalue weighted by Gasteiger charge is 2.26. The minimum absolute atomic E-state index is 0.177. The molecule has 1 rings (SSSR count). The second kappa shape index (κ2) is 5.99. The van der Waals surface area contributed by atoms with Crippen molar-refractivity contribution in [2.24, 2.45) is 5.73 Å². The molecule has 0 saturated carbocycles. The molecule has 10 heteroatoms. The number of aromatic carboxylic acids is 1. The fraction of sp³-hybridized carbons (Fsp3) is 0.500. The molecule has 0 aliphatic heterocycles. The molecule has 5 N–H and O–H groups in total. The highest BCUT2D eigenvalue weighted by molar-refractivity contribution is 5.89. The van der Waals surface area contributed by atoms with E-state index in [9.17, 15) is 14.4 Å². The minimum atomic E-state index is -1.18. The molecule has 110 valence electrons. The number of nitrogens with one attached hydrogen (secondary N) is 2. The smallest absolute Gasteiger partial charge is 0.358 e. The normalized spacial score (nSPS) is 10.9. The lowest BCUT2D eigenvalue weighted by molar-refractivity contribution is -0.122. The van der Waals surface area contributed by atoms with Crippen LogP contribution < -0.4 is 16.4 Å². The number of carboxylic acid groups (broad SMARTS) is 1. The second-order valence-corrected chi connectivity index (χ2v) is 4.54. The SMILES string of the molecule is CC(C)(NC(=O)NCCn1cc(C(=O)O)nn1)C(N)=O. The molecule has 0 aliphatic carbocycles. The summed E-state index contributed by atoms with van der Waals surface area (Å²) >= 11 is 0. The van der Waals surface area contributed by atoms with Crippen LogP contribution in [0.2, 0.25) is 0 Å². The van der Waals surface area contributed by atoms with Crippen molar-refractivity contribution in [3.8, 4) is 0 Å². The predicted molar refractivity (Wildman–Crippen MR) is 66.8 cm³/mol. The number of nitrogens with two attached hydrogens (primary N) is 1. The maximum absolute atomic E-state index is 11.5. The molecular formula is C10H16N6O4. The highest BCUT2D eigenvalue weighted by atomic mass is 16.4. The van der Waals surface area contributed by atoms with E-state index in [0.29, 0.717) is 0 Å². The first kappa shape index (κ1) is 15.4. The topological polar surface area (TPSA) is 152 Å². The van der Waals surface area contributed by atoms with Gasteiger partial charge in [0.25, 0.3) is 0 Å². The highest BCUT2D eigenvalue weighted by Crippen LogP contribution is 1.99. The lowest BCUT2D eigenvalue weighted by atomic mass is 10.1. The zero-order chi connectivity index (χ0) is 15.3. The van der Waals surface area contributed by atoms with E-state index in [0.717, 1.165) is 0 Å². The van der Waals surface area contributed by atoms with Crippen molar-refractivity contribution in [1.29, 1.82) is 0 Å². The number of nitrogens with zero attached hydrogens (tertiary/aromatic N) is 3. The van der Waals surface area contributed by atoms with Crippen molar-refractivity contribution in [3.63, 3.8) is 0 Å². The molecule has 0 atom stereocenters. The third-order valence-corrected chi connectivity index (χ3v) is 2.43. The van der Waals surface area contributed by atoms with Gasteiger partial charge < -0.3 is 21.5 Å². The predicted octanol–water partition coefficient (Wildman–Crippen LogP) is -1.46. The molecule has 1 aromatic heterocycles. The van der Waals surface area contributed by atoms with Gasteiger partial charge in [0.15, 0.2) is 5.69 Å². The lowest BCUT2D eigenvalue weighted by Gasteiger charge is -2.22. The summed E-state index contributed by atoms with van der Waals surface area (Å²) in [7, 11) is 0. The molecule has 0 bridgehead atoms. The van der Waals surface area contributed by atoms with Gasteiger partial charge in [0, 0.05) is 6.54 Å². The van der Waals surface area contributed by atoms with Crippen molar-refractivity contribution in [1.82, 2.24) is 25.6 Å². The van der Waals surface area contributed by atoms with Crippen molar-refractivity contribution in [3.05, 3.63) is 11.9 Å². The molecule has 10 nitrogen and oxygen atoms in total. The summed E-state index contributed by atoms with van der Waals surface area (Å²) in [6, 6.07) is -0.563. The zero-order valence-corrected chi connectivity index (χ0v) is 11.1. The van der Waals surface area contributed by atoms with Crippen LogP contribution in [0.25, 0.3) is 0 Å². The van der Waals surface area contributed by atoms with Crippen molar-refractivity contribution < 1.29 is 19.5 Å². The van der Waals surface area contributed by atoms with Gasteiger partial charge >= 0.3 is 12.0 Å². The molecule has 0 spiro atoms. The van der Waals surface area contributed by atoms with Gasteiger partial charge in [-0.1, -0.05) is 5.21 Å². The summed E-state index contributed by atoms with van der Waals surface area (Å²) in [5.41, 5.74) is 3.77. The average Bonchev–Trinajstić information content (AvgIpc) is 2.77. The number of carboxylic acids is 1. The molecule has 20 heavy (non-hydrogen) atoms. The van der Waals surface area contributed by atoms with Crippen molar-refractivity contribution >= 4 is 17.9 Å². The van der Waals surface area contributed by atoms with E-state index in [-0.39, 0.29) is 18.8 Å². The number of rotatable bonds is 6. The number of carbonyl (C=O) groups is 3. The monoisotopic (exact) mass is 284 g/mol. The Labute approximate surface area is 114 Å². The van der Waals surface area contributed by atoms with E-state index in [1.807, 2.05) is 0 Å². The van der Waals surface area contributed by atoms with Gasteiger partial charge in [0.1, 0.15) is 5.54 Å². The van der Waals surface area contributed by atoms with Crippen LogP contribution in [0.15, 0.2) is 6.20 Å². The van der Waals surface area contributed by atoms with Gasteiger partial charge in [-0.25, -0.2) is 14.3 Å². The Hall–Kier alpha value is -2.65. The molecular weight excluding hydrogens is 268 g/mol. The van der Waals surface area contributed by atoms with Gasteiger partial charge in [0.2, 0.25) is 5.91 Å². The van der Waals surface area contributed by atoms with E-state index in [2.05, 4.69) is 20.9 Å². The number of primary amides is 1. The van der Waals surface area contributed by atoms with Gasteiger partial charge in [0.05, 0.1) is 12.7 Å². The van der Waals surface area contributed by atoms with Gasteiger partial charge in [-0.15, -0.1) is 5.10 Å². The third kappa shape index (κ3) is 4.23. The fourth-order valence-electron chi connectivity index (χ4n) is 1.18. The number of aromatic nitrogens is 3. The molecule has 3 amide bonds. The summed E-state index contributed by atoms with van der Waals surface area (Å²) in [6.45, 7) is 3.38. The summed E-state index contributed by atoms with van der Waals surface area (Å²) in [4.78, 5) is 33.1. The van der Waals surface area contributed by atoms with Crippen LogP contribution in [0.4, 0.5) is 4.79 Å². The van der Waals surface area contributed by atoms with Crippen LogP contribution in [0.1, 0.15) is 24.3 Å². The third-order valence-electron chi connectivity index (χ3n) is 2.43. The number of hydrogen-bond acceptors (Lipinski definition) is 5. The standard InChI is InChI=1S/C10H16N6O4/c1-10(2,8(11)19)13-9(20)12-3-4-16-5-6(7(17)18)14-15-16/h5H,3-4H2,1-2H3,(H2,11,19)(H,17,18)(H2,12,13,20). The Bertz CT molecular complexity index is 524. The Morgan fingerprint density at radius 3 is 2.60 bits per heavy atom. The van der Waals surface area contributed by atoms with Crippen LogP contribution in [-0.4, -0.2) is 50.1 Å².